The molecule has 2 unspecified atom stereocenters. The fourth-order valence-electron chi connectivity index (χ4n) is 3.36. The summed E-state index contributed by atoms with van der Waals surface area (Å²) >= 11 is 0. The summed E-state index contributed by atoms with van der Waals surface area (Å²) in [4.78, 5) is 14.9. The Morgan fingerprint density at radius 2 is 1.81 bits per heavy atom. The van der Waals surface area contributed by atoms with E-state index in [-0.39, 0.29) is 12.4 Å². The van der Waals surface area contributed by atoms with Crippen molar-refractivity contribution < 1.29 is 4.79 Å². The standard InChI is InChI=1S/C17H32N2O.ClH/c1-4-13(2)14(3)19(16-6-7-16)17(20)8-5-15-9-11-18-12-10-15;/h13-16,18H,4-12H2,1-3H3;1H. The molecule has 0 aromatic rings. The van der Waals surface area contributed by atoms with Gasteiger partial charge in [0.15, 0.2) is 0 Å². The van der Waals surface area contributed by atoms with E-state index in [1.807, 2.05) is 0 Å². The smallest absolute Gasteiger partial charge is 0.223 e. The van der Waals surface area contributed by atoms with Crippen LogP contribution in [0, 0.1) is 11.8 Å². The van der Waals surface area contributed by atoms with Gasteiger partial charge in [-0.05, 0) is 64.0 Å². The van der Waals surface area contributed by atoms with Crippen molar-refractivity contribution in [3.05, 3.63) is 0 Å². The first-order valence-corrected chi connectivity index (χ1v) is 8.65. The van der Waals surface area contributed by atoms with Crippen molar-refractivity contribution in [3.63, 3.8) is 0 Å². The van der Waals surface area contributed by atoms with Crippen LogP contribution in [0.2, 0.25) is 0 Å². The molecule has 1 N–H and O–H groups in total. The number of hydrogen-bond acceptors (Lipinski definition) is 2. The van der Waals surface area contributed by atoms with E-state index in [0.29, 0.717) is 23.9 Å². The summed E-state index contributed by atoms with van der Waals surface area (Å²) in [5, 5.41) is 3.40. The molecule has 1 aliphatic heterocycles. The molecule has 0 radical (unpaired) electrons. The molecule has 1 aliphatic carbocycles. The molecule has 0 bridgehead atoms. The van der Waals surface area contributed by atoms with Gasteiger partial charge in [-0.25, -0.2) is 0 Å². The maximum Gasteiger partial charge on any atom is 0.223 e. The van der Waals surface area contributed by atoms with Crippen molar-refractivity contribution in [2.45, 2.75) is 77.8 Å². The topological polar surface area (TPSA) is 32.3 Å². The number of carbonyl (C=O) groups is 1. The van der Waals surface area contributed by atoms with Crippen LogP contribution in [-0.4, -0.2) is 36.0 Å². The zero-order valence-electron chi connectivity index (χ0n) is 13.9. The van der Waals surface area contributed by atoms with Gasteiger partial charge < -0.3 is 10.2 Å². The second-order valence-electron chi connectivity index (χ2n) is 6.89. The van der Waals surface area contributed by atoms with Crippen LogP contribution in [-0.2, 0) is 4.79 Å². The molecule has 2 fully saturated rings. The fourth-order valence-corrected chi connectivity index (χ4v) is 3.36. The lowest BCUT2D eigenvalue weighted by atomic mass is 9.92. The Morgan fingerprint density at radius 1 is 1.19 bits per heavy atom. The summed E-state index contributed by atoms with van der Waals surface area (Å²) in [6, 6.07) is 0.965. The number of halogens is 1. The maximum atomic E-state index is 12.6. The molecule has 0 aromatic carbocycles. The third kappa shape index (κ3) is 5.45. The summed E-state index contributed by atoms with van der Waals surface area (Å²) in [6.45, 7) is 9.02. The van der Waals surface area contributed by atoms with Gasteiger partial charge in [0.25, 0.3) is 0 Å². The van der Waals surface area contributed by atoms with Crippen molar-refractivity contribution >= 4 is 18.3 Å². The highest BCUT2D eigenvalue weighted by atomic mass is 35.5. The summed E-state index contributed by atoms with van der Waals surface area (Å²) in [7, 11) is 0. The molecule has 2 aliphatic rings. The van der Waals surface area contributed by atoms with Crippen LogP contribution in [0.1, 0.15) is 65.7 Å². The van der Waals surface area contributed by atoms with E-state index >= 15 is 0 Å². The quantitative estimate of drug-likeness (QED) is 0.778. The second-order valence-corrected chi connectivity index (χ2v) is 6.89. The molecule has 1 heterocycles. The first-order valence-electron chi connectivity index (χ1n) is 8.65. The Balaban J connectivity index is 0.00000220. The Labute approximate surface area is 136 Å². The van der Waals surface area contributed by atoms with Gasteiger partial charge in [0.05, 0.1) is 0 Å². The largest absolute Gasteiger partial charge is 0.337 e. The van der Waals surface area contributed by atoms with E-state index in [1.54, 1.807) is 0 Å². The molecule has 124 valence electrons. The van der Waals surface area contributed by atoms with Crippen molar-refractivity contribution in [2.75, 3.05) is 13.1 Å². The molecule has 1 amide bonds. The number of rotatable bonds is 7. The minimum atomic E-state index is 0. The molecule has 3 nitrogen and oxygen atoms in total. The molecule has 4 heteroatoms. The average molecular weight is 317 g/mol. The number of amides is 1. The Kier molecular flexibility index (Phi) is 8.04. The highest BCUT2D eigenvalue weighted by molar-refractivity contribution is 5.85. The van der Waals surface area contributed by atoms with Crippen LogP contribution in [0.25, 0.3) is 0 Å². The maximum absolute atomic E-state index is 12.6. The van der Waals surface area contributed by atoms with E-state index in [1.165, 1.54) is 25.7 Å². The third-order valence-electron chi connectivity index (χ3n) is 5.36. The van der Waals surface area contributed by atoms with Crippen molar-refractivity contribution in [1.82, 2.24) is 10.2 Å². The van der Waals surface area contributed by atoms with Crippen LogP contribution >= 0.6 is 12.4 Å². The average Bonchev–Trinajstić information content (AvgIpc) is 3.30. The summed E-state index contributed by atoms with van der Waals surface area (Å²) in [5.74, 6) is 1.79. The Bertz CT molecular complexity index is 314. The normalized spacial score (nSPS) is 22.2. The molecule has 2 atom stereocenters. The van der Waals surface area contributed by atoms with Crippen LogP contribution in [0.15, 0.2) is 0 Å². The number of nitrogens with zero attached hydrogens (tertiary/aromatic N) is 1. The predicted octanol–water partition coefficient (Wildman–Crippen LogP) is 3.61. The van der Waals surface area contributed by atoms with Crippen LogP contribution < -0.4 is 5.32 Å². The van der Waals surface area contributed by atoms with Gasteiger partial charge >= 0.3 is 0 Å². The first kappa shape index (κ1) is 18.8. The van der Waals surface area contributed by atoms with Crippen LogP contribution in [0.3, 0.4) is 0 Å². The molecular formula is C17H33ClN2O. The molecular weight excluding hydrogens is 284 g/mol. The van der Waals surface area contributed by atoms with Gasteiger partial charge in [-0.3, -0.25) is 4.79 Å². The van der Waals surface area contributed by atoms with E-state index in [0.717, 1.165) is 38.3 Å². The fraction of sp³-hybridized carbons (Fsp3) is 0.941. The van der Waals surface area contributed by atoms with E-state index < -0.39 is 0 Å². The van der Waals surface area contributed by atoms with Crippen molar-refractivity contribution in [1.29, 1.82) is 0 Å². The van der Waals surface area contributed by atoms with Gasteiger partial charge in [-0.15, -0.1) is 12.4 Å². The minimum absolute atomic E-state index is 0. The molecule has 21 heavy (non-hydrogen) atoms. The Hall–Kier alpha value is -0.280. The highest BCUT2D eigenvalue weighted by Crippen LogP contribution is 2.32. The van der Waals surface area contributed by atoms with Crippen molar-refractivity contribution in [3.8, 4) is 0 Å². The molecule has 2 rings (SSSR count). The zero-order chi connectivity index (χ0) is 14.5. The van der Waals surface area contributed by atoms with Crippen LogP contribution in [0.4, 0.5) is 0 Å². The second kappa shape index (κ2) is 8.99. The predicted molar refractivity (Wildman–Crippen MR) is 90.9 cm³/mol. The third-order valence-corrected chi connectivity index (χ3v) is 5.36. The monoisotopic (exact) mass is 316 g/mol. The lowest BCUT2D eigenvalue weighted by Gasteiger charge is -2.34. The summed E-state index contributed by atoms with van der Waals surface area (Å²) in [6.07, 6.45) is 7.96. The highest BCUT2D eigenvalue weighted by Gasteiger charge is 2.36. The number of carbonyl (C=O) groups excluding carboxylic acids is 1. The lowest BCUT2D eigenvalue weighted by molar-refractivity contribution is -0.135. The Morgan fingerprint density at radius 3 is 2.33 bits per heavy atom. The zero-order valence-corrected chi connectivity index (χ0v) is 14.8. The van der Waals surface area contributed by atoms with Gasteiger partial charge in [0.1, 0.15) is 0 Å². The van der Waals surface area contributed by atoms with Gasteiger partial charge in [-0.1, -0.05) is 20.3 Å². The molecule has 1 saturated heterocycles. The van der Waals surface area contributed by atoms with Gasteiger partial charge in [0, 0.05) is 18.5 Å². The molecule has 0 aromatic heterocycles. The lowest BCUT2D eigenvalue weighted by Crippen LogP contribution is -2.43. The first-order chi connectivity index (χ1) is 9.63. The number of hydrogen-bond donors (Lipinski definition) is 1. The van der Waals surface area contributed by atoms with E-state index in [2.05, 4.69) is 31.0 Å². The van der Waals surface area contributed by atoms with Gasteiger partial charge in [-0.2, -0.15) is 0 Å². The molecule has 1 saturated carbocycles. The SMILES string of the molecule is CCC(C)C(C)N(C(=O)CCC1CCNCC1)C1CC1.Cl. The van der Waals surface area contributed by atoms with E-state index in [9.17, 15) is 4.79 Å². The summed E-state index contributed by atoms with van der Waals surface area (Å²) in [5.41, 5.74) is 0. The van der Waals surface area contributed by atoms with Gasteiger partial charge in [0.2, 0.25) is 5.91 Å². The number of piperidine rings is 1. The number of nitrogens with one attached hydrogen (secondary N) is 1. The van der Waals surface area contributed by atoms with Crippen molar-refractivity contribution in [2.24, 2.45) is 11.8 Å². The summed E-state index contributed by atoms with van der Waals surface area (Å²) < 4.78 is 0. The van der Waals surface area contributed by atoms with E-state index in [4.69, 9.17) is 0 Å². The van der Waals surface area contributed by atoms with Crippen LogP contribution in [0.5, 0.6) is 0 Å². The minimum Gasteiger partial charge on any atom is -0.337 e. The molecule has 0 spiro atoms.